The van der Waals surface area contributed by atoms with Crippen molar-refractivity contribution in [3.8, 4) is 0 Å². The van der Waals surface area contributed by atoms with Gasteiger partial charge in [-0.25, -0.2) is 4.79 Å². The topological polar surface area (TPSA) is 93.6 Å². The molecule has 3 rings (SSSR count). The van der Waals surface area contributed by atoms with Gasteiger partial charge in [0.1, 0.15) is 11.7 Å². The van der Waals surface area contributed by atoms with Crippen molar-refractivity contribution >= 4 is 0 Å². The van der Waals surface area contributed by atoms with Gasteiger partial charge in [0.05, 0.1) is 12.7 Å². The average Bonchev–Trinajstić information content (AvgIpc) is 2.81. The summed E-state index contributed by atoms with van der Waals surface area (Å²) in [7, 11) is 0. The molecule has 5 atom stereocenters. The smallest absolute Gasteiger partial charge is 0.330 e. The molecule has 0 saturated carbocycles. The number of nitrogens with zero attached hydrogens (tertiary/aromatic N) is 1. The van der Waals surface area contributed by atoms with Gasteiger partial charge in [0.2, 0.25) is 0 Å². The Morgan fingerprint density at radius 2 is 2.15 bits per heavy atom. The van der Waals surface area contributed by atoms with Crippen molar-refractivity contribution in [1.29, 1.82) is 0 Å². The molecule has 2 bridgehead atoms. The molecule has 0 amide bonds. The second-order valence-electron chi connectivity index (χ2n) is 5.63. The molecule has 1 aromatic rings. The van der Waals surface area contributed by atoms with E-state index in [4.69, 9.17) is 9.47 Å². The minimum atomic E-state index is -0.793. The summed E-state index contributed by atoms with van der Waals surface area (Å²) in [5.74, 6) is -0.0355. The predicted octanol–water partition coefficient (Wildman–Crippen LogP) is -0.472. The molecule has 3 heterocycles. The summed E-state index contributed by atoms with van der Waals surface area (Å²) in [4.78, 5) is 25.6. The van der Waals surface area contributed by atoms with Crippen molar-refractivity contribution < 1.29 is 14.6 Å². The summed E-state index contributed by atoms with van der Waals surface area (Å²) in [6, 6.07) is 0. The Hall–Kier alpha value is -1.44. The highest BCUT2D eigenvalue weighted by Gasteiger charge is 2.63. The molecule has 7 heteroatoms. The van der Waals surface area contributed by atoms with Crippen LogP contribution in [0, 0.1) is 12.8 Å². The number of rotatable bonds is 2. The number of fused-ring (bicyclic) bond motifs is 2. The maximum absolute atomic E-state index is 11.9. The zero-order valence-electron chi connectivity index (χ0n) is 11.6. The van der Waals surface area contributed by atoms with E-state index in [1.54, 1.807) is 6.92 Å². The van der Waals surface area contributed by atoms with Crippen LogP contribution in [-0.4, -0.2) is 39.1 Å². The first-order valence-electron chi connectivity index (χ1n) is 6.67. The summed E-state index contributed by atoms with van der Waals surface area (Å²) < 4.78 is 13.1. The molecular weight excluding hydrogens is 264 g/mol. The number of hydrogen-bond donors (Lipinski definition) is 2. The summed E-state index contributed by atoms with van der Waals surface area (Å²) in [6.45, 7) is 5.24. The van der Waals surface area contributed by atoms with Crippen LogP contribution >= 0.6 is 0 Å². The first-order valence-corrected chi connectivity index (χ1v) is 6.67. The third-order valence-corrected chi connectivity index (χ3v) is 4.60. The number of ether oxygens (including phenoxy) is 2. The molecule has 2 saturated heterocycles. The SMILES string of the molecule is Cc1cn([C@@H]2O[C@@]3(CO)[C@H](C)O[C@@H]2[C@@H]3C)c(=O)[nH]c1=O. The Kier molecular flexibility index (Phi) is 2.89. The van der Waals surface area contributed by atoms with Gasteiger partial charge in [-0.05, 0) is 13.8 Å². The summed E-state index contributed by atoms with van der Waals surface area (Å²) in [5.41, 5.74) is -1.31. The normalized spacial score (nSPS) is 39.4. The second-order valence-corrected chi connectivity index (χ2v) is 5.63. The van der Waals surface area contributed by atoms with Gasteiger partial charge < -0.3 is 14.6 Å². The maximum Gasteiger partial charge on any atom is 0.330 e. The Balaban J connectivity index is 2.05. The minimum Gasteiger partial charge on any atom is -0.393 e. The van der Waals surface area contributed by atoms with Gasteiger partial charge in [0.25, 0.3) is 5.56 Å². The van der Waals surface area contributed by atoms with Gasteiger partial charge in [0, 0.05) is 17.7 Å². The van der Waals surface area contributed by atoms with E-state index in [1.807, 2.05) is 13.8 Å². The van der Waals surface area contributed by atoms with Gasteiger partial charge in [-0.2, -0.15) is 0 Å². The van der Waals surface area contributed by atoms with Crippen LogP contribution < -0.4 is 11.2 Å². The highest BCUT2D eigenvalue weighted by molar-refractivity contribution is 5.10. The molecule has 20 heavy (non-hydrogen) atoms. The van der Waals surface area contributed by atoms with E-state index in [0.717, 1.165) is 0 Å². The molecule has 2 aliphatic rings. The van der Waals surface area contributed by atoms with E-state index < -0.39 is 23.1 Å². The van der Waals surface area contributed by atoms with Crippen LogP contribution in [0.25, 0.3) is 0 Å². The fourth-order valence-electron chi connectivity index (χ4n) is 3.23. The van der Waals surface area contributed by atoms with Crippen molar-refractivity contribution in [1.82, 2.24) is 9.55 Å². The summed E-state index contributed by atoms with van der Waals surface area (Å²) >= 11 is 0. The molecule has 2 fully saturated rings. The van der Waals surface area contributed by atoms with Gasteiger partial charge in [0.15, 0.2) is 6.23 Å². The lowest BCUT2D eigenvalue weighted by Crippen LogP contribution is -2.48. The first-order chi connectivity index (χ1) is 9.40. The first kappa shape index (κ1) is 13.5. The van der Waals surface area contributed by atoms with Crippen LogP contribution in [0.1, 0.15) is 25.6 Å². The van der Waals surface area contributed by atoms with Gasteiger partial charge in [-0.1, -0.05) is 6.92 Å². The number of aliphatic hydroxyl groups is 1. The molecule has 0 unspecified atom stereocenters. The molecule has 110 valence electrons. The monoisotopic (exact) mass is 282 g/mol. The number of aromatic amines is 1. The third kappa shape index (κ3) is 1.57. The number of nitrogens with one attached hydrogen (secondary N) is 1. The Morgan fingerprint density at radius 1 is 1.45 bits per heavy atom. The molecule has 2 N–H and O–H groups in total. The molecule has 2 aliphatic heterocycles. The van der Waals surface area contributed by atoms with Crippen LogP contribution in [-0.2, 0) is 9.47 Å². The number of hydrogen-bond acceptors (Lipinski definition) is 5. The van der Waals surface area contributed by atoms with Gasteiger partial charge >= 0.3 is 5.69 Å². The molecule has 0 radical (unpaired) electrons. The van der Waals surface area contributed by atoms with E-state index >= 15 is 0 Å². The number of H-pyrrole nitrogens is 1. The highest BCUT2D eigenvalue weighted by Crippen LogP contribution is 2.51. The lowest BCUT2D eigenvalue weighted by Gasteiger charge is -2.35. The van der Waals surface area contributed by atoms with Crippen LogP contribution in [0.2, 0.25) is 0 Å². The highest BCUT2D eigenvalue weighted by atomic mass is 16.6. The van der Waals surface area contributed by atoms with E-state index in [0.29, 0.717) is 5.56 Å². The largest absolute Gasteiger partial charge is 0.393 e. The van der Waals surface area contributed by atoms with Crippen LogP contribution in [0.15, 0.2) is 15.8 Å². The number of aliphatic hydroxyl groups excluding tert-OH is 1. The van der Waals surface area contributed by atoms with E-state index in [2.05, 4.69) is 4.98 Å². The number of aromatic nitrogens is 2. The van der Waals surface area contributed by atoms with Crippen LogP contribution in [0.4, 0.5) is 0 Å². The van der Waals surface area contributed by atoms with Crippen molar-refractivity contribution in [3.63, 3.8) is 0 Å². The molecule has 0 aliphatic carbocycles. The zero-order valence-corrected chi connectivity index (χ0v) is 11.6. The van der Waals surface area contributed by atoms with Gasteiger partial charge in [-0.3, -0.25) is 14.3 Å². The molecule has 0 spiro atoms. The second kappa shape index (κ2) is 4.28. The van der Waals surface area contributed by atoms with Crippen molar-refractivity contribution in [2.75, 3.05) is 6.61 Å². The fraction of sp³-hybridized carbons (Fsp3) is 0.692. The van der Waals surface area contributed by atoms with Crippen molar-refractivity contribution in [3.05, 3.63) is 32.6 Å². The van der Waals surface area contributed by atoms with E-state index in [-0.39, 0.29) is 24.7 Å². The van der Waals surface area contributed by atoms with Crippen molar-refractivity contribution in [2.24, 2.45) is 5.92 Å². The maximum atomic E-state index is 11.9. The molecule has 0 aromatic carbocycles. The standard InChI is InChI=1S/C13H18N2O5/c1-6-4-15(12(18)14-10(6)17)11-9-7(2)13(5-16,20-11)8(3)19-9/h4,7-9,11,16H,5H2,1-3H3,(H,14,17,18)/t7-,8-,9+,11+,13+/m0/s1. The number of aryl methyl sites for hydroxylation is 1. The van der Waals surface area contributed by atoms with Gasteiger partial charge in [-0.15, -0.1) is 0 Å². The zero-order chi connectivity index (χ0) is 14.7. The Morgan fingerprint density at radius 3 is 2.75 bits per heavy atom. The quantitative estimate of drug-likeness (QED) is 0.765. The predicted molar refractivity (Wildman–Crippen MR) is 69.5 cm³/mol. The third-order valence-electron chi connectivity index (χ3n) is 4.60. The molecule has 1 aromatic heterocycles. The fourth-order valence-corrected chi connectivity index (χ4v) is 3.23. The minimum absolute atomic E-state index is 0.0355. The lowest BCUT2D eigenvalue weighted by atomic mass is 9.87. The summed E-state index contributed by atoms with van der Waals surface area (Å²) in [5, 5.41) is 9.67. The van der Waals surface area contributed by atoms with E-state index in [1.165, 1.54) is 10.8 Å². The van der Waals surface area contributed by atoms with Crippen molar-refractivity contribution in [2.45, 2.75) is 44.8 Å². The lowest BCUT2D eigenvalue weighted by molar-refractivity contribution is -0.217. The molecular formula is C13H18N2O5. The van der Waals surface area contributed by atoms with Crippen LogP contribution in [0.5, 0.6) is 0 Å². The summed E-state index contributed by atoms with van der Waals surface area (Å²) in [6.07, 6.45) is 0.290. The van der Waals surface area contributed by atoms with Crippen LogP contribution in [0.3, 0.4) is 0 Å². The molecule has 7 nitrogen and oxygen atoms in total. The Labute approximate surface area is 115 Å². The van der Waals surface area contributed by atoms with E-state index in [9.17, 15) is 14.7 Å². The Bertz CT molecular complexity index is 651. The average molecular weight is 282 g/mol.